The summed E-state index contributed by atoms with van der Waals surface area (Å²) in [4.78, 5) is 16.4. The van der Waals surface area contributed by atoms with Gasteiger partial charge in [-0.15, -0.1) is 0 Å². The lowest BCUT2D eigenvalue weighted by Crippen LogP contribution is -2.12. The molecular weight excluding hydrogens is 328 g/mol. The largest absolute Gasteiger partial charge is 0.322 e. The third kappa shape index (κ3) is 3.51. The molecule has 2 aromatic carbocycles. The van der Waals surface area contributed by atoms with Crippen molar-refractivity contribution in [2.75, 3.05) is 5.32 Å². The Morgan fingerprint density at radius 1 is 1.12 bits per heavy atom. The molecule has 1 amide bonds. The van der Waals surface area contributed by atoms with Crippen molar-refractivity contribution in [3.63, 3.8) is 0 Å². The highest BCUT2D eigenvalue weighted by molar-refractivity contribution is 6.04. The maximum absolute atomic E-state index is 12.5. The van der Waals surface area contributed by atoms with Gasteiger partial charge in [0, 0.05) is 23.0 Å². The van der Waals surface area contributed by atoms with E-state index >= 15 is 0 Å². The van der Waals surface area contributed by atoms with Crippen LogP contribution in [0.5, 0.6) is 0 Å². The lowest BCUT2D eigenvalue weighted by atomic mass is 10.1. The number of hydrogen-bond acceptors (Lipinski definition) is 4. The summed E-state index contributed by atoms with van der Waals surface area (Å²) in [6, 6.07) is 16.9. The molecule has 128 valence electrons. The van der Waals surface area contributed by atoms with Crippen molar-refractivity contribution in [3.8, 4) is 11.3 Å². The Morgan fingerprint density at radius 2 is 2.00 bits per heavy atom. The number of nitrogens with zero attached hydrogens (tertiary/aromatic N) is 4. The zero-order valence-corrected chi connectivity index (χ0v) is 13.8. The van der Waals surface area contributed by atoms with Gasteiger partial charge in [0.2, 0.25) is 0 Å². The first-order valence-corrected chi connectivity index (χ1v) is 8.10. The minimum Gasteiger partial charge on any atom is -0.322 e. The van der Waals surface area contributed by atoms with Crippen molar-refractivity contribution in [2.45, 2.75) is 6.54 Å². The number of carbonyl (C=O) groups excluding carboxylic acids is 1. The smallest absolute Gasteiger partial charge is 0.255 e. The third-order valence-electron chi connectivity index (χ3n) is 3.96. The van der Waals surface area contributed by atoms with Gasteiger partial charge in [-0.3, -0.25) is 9.89 Å². The van der Waals surface area contributed by atoms with Crippen LogP contribution in [-0.4, -0.2) is 30.9 Å². The van der Waals surface area contributed by atoms with E-state index in [1.165, 1.54) is 6.33 Å². The van der Waals surface area contributed by atoms with Gasteiger partial charge in [0.05, 0.1) is 12.2 Å². The molecule has 0 unspecified atom stereocenters. The summed E-state index contributed by atoms with van der Waals surface area (Å²) in [6.45, 7) is 0.619. The van der Waals surface area contributed by atoms with Gasteiger partial charge in [-0.2, -0.15) is 10.2 Å². The molecule has 26 heavy (non-hydrogen) atoms. The van der Waals surface area contributed by atoms with E-state index in [-0.39, 0.29) is 5.91 Å². The second-order valence-corrected chi connectivity index (χ2v) is 5.80. The van der Waals surface area contributed by atoms with Crippen LogP contribution in [0.15, 0.2) is 73.4 Å². The number of aromatic amines is 1. The number of nitrogens with one attached hydrogen (secondary N) is 2. The van der Waals surface area contributed by atoms with E-state index < -0.39 is 0 Å². The maximum atomic E-state index is 12.5. The molecule has 2 aromatic heterocycles. The second-order valence-electron chi connectivity index (χ2n) is 5.80. The molecule has 0 saturated carbocycles. The average Bonchev–Trinajstić information content (AvgIpc) is 3.37. The Bertz CT molecular complexity index is 991. The molecule has 0 radical (unpaired) electrons. The molecule has 2 heterocycles. The summed E-state index contributed by atoms with van der Waals surface area (Å²) < 4.78 is 1.73. The van der Waals surface area contributed by atoms with Gasteiger partial charge in [-0.25, -0.2) is 9.67 Å². The Morgan fingerprint density at radius 3 is 2.73 bits per heavy atom. The number of carbonyl (C=O) groups is 1. The fourth-order valence-corrected chi connectivity index (χ4v) is 2.65. The zero-order chi connectivity index (χ0) is 17.8. The van der Waals surface area contributed by atoms with Crippen LogP contribution in [0.1, 0.15) is 15.9 Å². The van der Waals surface area contributed by atoms with E-state index in [4.69, 9.17) is 0 Å². The predicted molar refractivity (Wildman–Crippen MR) is 97.5 cm³/mol. The fourth-order valence-electron chi connectivity index (χ4n) is 2.65. The quantitative estimate of drug-likeness (QED) is 0.582. The van der Waals surface area contributed by atoms with Gasteiger partial charge >= 0.3 is 0 Å². The highest BCUT2D eigenvalue weighted by Gasteiger charge is 2.08. The van der Waals surface area contributed by atoms with E-state index in [1.807, 2.05) is 42.5 Å². The van der Waals surface area contributed by atoms with Crippen LogP contribution >= 0.6 is 0 Å². The van der Waals surface area contributed by atoms with Gasteiger partial charge < -0.3 is 5.32 Å². The Labute approximate surface area is 149 Å². The van der Waals surface area contributed by atoms with Crippen molar-refractivity contribution in [2.24, 2.45) is 0 Å². The zero-order valence-electron chi connectivity index (χ0n) is 13.8. The van der Waals surface area contributed by atoms with Crippen LogP contribution in [0.25, 0.3) is 11.3 Å². The number of hydrogen-bond donors (Lipinski definition) is 2. The Kier molecular flexibility index (Phi) is 4.26. The molecular formula is C19H16N6O. The molecule has 7 nitrogen and oxygen atoms in total. The highest BCUT2D eigenvalue weighted by atomic mass is 16.1. The topological polar surface area (TPSA) is 88.5 Å². The van der Waals surface area contributed by atoms with Crippen LogP contribution in [0.4, 0.5) is 5.69 Å². The lowest BCUT2D eigenvalue weighted by molar-refractivity contribution is 0.102. The molecule has 7 heteroatoms. The van der Waals surface area contributed by atoms with E-state index in [2.05, 4.69) is 25.6 Å². The fraction of sp³-hybridized carbons (Fsp3) is 0.0526. The number of rotatable bonds is 5. The maximum Gasteiger partial charge on any atom is 0.255 e. The molecule has 0 spiro atoms. The molecule has 4 aromatic rings. The minimum atomic E-state index is -0.154. The minimum absolute atomic E-state index is 0.154. The first-order chi connectivity index (χ1) is 12.8. The standard InChI is InChI=1S/C19H16N6O/c26-19(15-6-4-14(5-7-15)11-25-13-20-12-22-25)23-17-3-1-2-16(10-17)18-8-9-21-24-18/h1-10,12-13H,11H2,(H,21,24)(H,23,26). The monoisotopic (exact) mass is 344 g/mol. The van der Waals surface area contributed by atoms with Gasteiger partial charge in [-0.05, 0) is 35.9 Å². The SMILES string of the molecule is O=C(Nc1cccc(-c2ccn[nH]2)c1)c1ccc(Cn2cncn2)cc1. The van der Waals surface area contributed by atoms with Gasteiger partial charge in [0.25, 0.3) is 5.91 Å². The summed E-state index contributed by atoms with van der Waals surface area (Å²) in [7, 11) is 0. The number of H-pyrrole nitrogens is 1. The van der Waals surface area contributed by atoms with Crippen molar-refractivity contribution in [1.82, 2.24) is 25.0 Å². The molecule has 0 aliphatic heterocycles. The van der Waals surface area contributed by atoms with E-state index in [0.29, 0.717) is 12.1 Å². The first-order valence-electron chi connectivity index (χ1n) is 8.10. The summed E-state index contributed by atoms with van der Waals surface area (Å²) in [5, 5.41) is 13.9. The van der Waals surface area contributed by atoms with Crippen LogP contribution in [0.2, 0.25) is 0 Å². The van der Waals surface area contributed by atoms with Crippen molar-refractivity contribution in [1.29, 1.82) is 0 Å². The van der Waals surface area contributed by atoms with Gasteiger partial charge in [0.1, 0.15) is 12.7 Å². The Balaban J connectivity index is 1.45. The molecule has 0 aliphatic carbocycles. The van der Waals surface area contributed by atoms with Crippen molar-refractivity contribution < 1.29 is 4.79 Å². The average molecular weight is 344 g/mol. The first kappa shape index (κ1) is 15.8. The van der Waals surface area contributed by atoms with Crippen molar-refractivity contribution in [3.05, 3.63) is 84.6 Å². The molecule has 2 N–H and O–H groups in total. The number of anilines is 1. The molecule has 0 aliphatic rings. The lowest BCUT2D eigenvalue weighted by Gasteiger charge is -2.08. The normalized spacial score (nSPS) is 10.6. The van der Waals surface area contributed by atoms with Gasteiger partial charge in [-0.1, -0.05) is 24.3 Å². The summed E-state index contributed by atoms with van der Waals surface area (Å²) in [6.07, 6.45) is 4.86. The third-order valence-corrected chi connectivity index (χ3v) is 3.96. The second kappa shape index (κ2) is 7.02. The van der Waals surface area contributed by atoms with E-state index in [1.54, 1.807) is 29.3 Å². The molecule has 0 fully saturated rings. The van der Waals surface area contributed by atoms with Crippen molar-refractivity contribution >= 4 is 11.6 Å². The van der Waals surface area contributed by atoms with Crippen LogP contribution in [-0.2, 0) is 6.54 Å². The van der Waals surface area contributed by atoms with Crippen LogP contribution < -0.4 is 5.32 Å². The number of benzene rings is 2. The summed E-state index contributed by atoms with van der Waals surface area (Å²) >= 11 is 0. The highest BCUT2D eigenvalue weighted by Crippen LogP contribution is 2.20. The van der Waals surface area contributed by atoms with Crippen LogP contribution in [0.3, 0.4) is 0 Å². The van der Waals surface area contributed by atoms with E-state index in [9.17, 15) is 4.79 Å². The molecule has 0 saturated heterocycles. The molecule has 4 rings (SSSR count). The summed E-state index contributed by atoms with van der Waals surface area (Å²) in [5.41, 5.74) is 4.24. The molecule has 0 atom stereocenters. The predicted octanol–water partition coefficient (Wildman–Crippen LogP) is 2.97. The molecule has 0 bridgehead atoms. The Hall–Kier alpha value is -3.74. The summed E-state index contributed by atoms with van der Waals surface area (Å²) in [5.74, 6) is -0.154. The van der Waals surface area contributed by atoms with E-state index in [0.717, 1.165) is 22.5 Å². The van der Waals surface area contributed by atoms with Gasteiger partial charge in [0.15, 0.2) is 0 Å². The number of aromatic nitrogens is 5. The number of amides is 1. The van der Waals surface area contributed by atoms with Crippen LogP contribution in [0, 0.1) is 0 Å².